The quantitative estimate of drug-likeness (QED) is 0.928. The Bertz CT molecular complexity index is 693. The normalized spacial score (nSPS) is 14.3. The summed E-state index contributed by atoms with van der Waals surface area (Å²) in [5, 5.41) is 8.45. The van der Waals surface area contributed by atoms with Gasteiger partial charge in [-0.1, -0.05) is 20.8 Å². The second-order valence-corrected chi connectivity index (χ2v) is 7.52. The summed E-state index contributed by atoms with van der Waals surface area (Å²) in [7, 11) is 1.88. The second-order valence-electron chi connectivity index (χ2n) is 6.48. The molecule has 1 N–H and O–H groups in total. The average Bonchev–Trinajstić information content (AvgIpc) is 3.06. The maximum Gasteiger partial charge on any atom is 0.268 e. The Morgan fingerprint density at radius 2 is 2.14 bits per heavy atom. The Balaban J connectivity index is 1.83. The van der Waals surface area contributed by atoms with Gasteiger partial charge < -0.3 is 5.32 Å². The number of rotatable bonds is 2. The lowest BCUT2D eigenvalue weighted by Gasteiger charge is -2.13. The molecule has 112 valence electrons. The van der Waals surface area contributed by atoms with Crippen LogP contribution in [0.25, 0.3) is 0 Å². The van der Waals surface area contributed by atoms with Gasteiger partial charge in [0.1, 0.15) is 10.7 Å². The van der Waals surface area contributed by atoms with Crippen molar-refractivity contribution in [3.05, 3.63) is 27.3 Å². The molecule has 1 aliphatic carbocycles. The summed E-state index contributed by atoms with van der Waals surface area (Å²) >= 11 is 1.46. The van der Waals surface area contributed by atoms with E-state index in [0.29, 0.717) is 4.88 Å². The zero-order chi connectivity index (χ0) is 15.2. The topological polar surface area (TPSA) is 59.8 Å². The highest BCUT2D eigenvalue weighted by Crippen LogP contribution is 2.30. The number of carbonyl (C=O) groups excluding carboxylic acids is 1. The van der Waals surface area contributed by atoms with Crippen LogP contribution in [0.3, 0.4) is 0 Å². The van der Waals surface area contributed by atoms with Gasteiger partial charge in [-0.2, -0.15) is 5.10 Å². The van der Waals surface area contributed by atoms with Gasteiger partial charge in [0.2, 0.25) is 0 Å². The van der Waals surface area contributed by atoms with Crippen molar-refractivity contribution >= 4 is 23.1 Å². The Morgan fingerprint density at radius 3 is 2.81 bits per heavy atom. The van der Waals surface area contributed by atoms with E-state index < -0.39 is 0 Å². The molecule has 2 aromatic heterocycles. The SMILES string of the molecule is Cn1nc2c(c1NC(=O)c1cnc(C(C)(C)C)s1)CCC2. The minimum Gasteiger partial charge on any atom is -0.306 e. The predicted molar refractivity (Wildman–Crippen MR) is 84.0 cm³/mol. The number of aryl methyl sites for hydroxylation is 2. The maximum absolute atomic E-state index is 12.4. The molecule has 0 spiro atoms. The second kappa shape index (κ2) is 4.94. The third-order valence-electron chi connectivity index (χ3n) is 3.67. The first-order chi connectivity index (χ1) is 9.86. The van der Waals surface area contributed by atoms with Crippen molar-refractivity contribution in [1.82, 2.24) is 14.8 Å². The molecule has 21 heavy (non-hydrogen) atoms. The lowest BCUT2D eigenvalue weighted by Crippen LogP contribution is -2.14. The van der Waals surface area contributed by atoms with Crippen LogP contribution in [0.4, 0.5) is 5.82 Å². The Labute approximate surface area is 128 Å². The molecule has 2 heterocycles. The summed E-state index contributed by atoms with van der Waals surface area (Å²) < 4.78 is 1.77. The van der Waals surface area contributed by atoms with Crippen LogP contribution < -0.4 is 5.32 Å². The number of anilines is 1. The lowest BCUT2D eigenvalue weighted by atomic mass is 9.98. The fourth-order valence-electron chi connectivity index (χ4n) is 2.57. The zero-order valence-corrected chi connectivity index (χ0v) is 13.7. The highest BCUT2D eigenvalue weighted by Gasteiger charge is 2.24. The van der Waals surface area contributed by atoms with Crippen LogP contribution in [-0.4, -0.2) is 20.7 Å². The van der Waals surface area contributed by atoms with E-state index in [9.17, 15) is 4.79 Å². The van der Waals surface area contributed by atoms with Crippen molar-refractivity contribution in [2.45, 2.75) is 45.4 Å². The molecule has 0 unspecified atom stereocenters. The number of amides is 1. The first-order valence-electron chi connectivity index (χ1n) is 7.18. The molecule has 0 atom stereocenters. The average molecular weight is 304 g/mol. The summed E-state index contributed by atoms with van der Waals surface area (Å²) in [6.07, 6.45) is 4.79. The number of aromatic nitrogens is 3. The van der Waals surface area contributed by atoms with Crippen LogP contribution in [0.2, 0.25) is 0 Å². The van der Waals surface area contributed by atoms with E-state index in [2.05, 4.69) is 36.2 Å². The van der Waals surface area contributed by atoms with Crippen LogP contribution in [0.5, 0.6) is 0 Å². The van der Waals surface area contributed by atoms with Crippen molar-refractivity contribution < 1.29 is 4.79 Å². The number of thiazole rings is 1. The van der Waals surface area contributed by atoms with Crippen LogP contribution in [0, 0.1) is 0 Å². The minimum absolute atomic E-state index is 0.0308. The Kier molecular flexibility index (Phi) is 3.36. The molecule has 0 saturated heterocycles. The van der Waals surface area contributed by atoms with Gasteiger partial charge in [-0.15, -0.1) is 11.3 Å². The number of nitrogens with one attached hydrogen (secondary N) is 1. The molecule has 0 saturated carbocycles. The van der Waals surface area contributed by atoms with Crippen LogP contribution >= 0.6 is 11.3 Å². The molecule has 2 aromatic rings. The summed E-state index contributed by atoms with van der Waals surface area (Å²) in [5.41, 5.74) is 2.27. The minimum atomic E-state index is -0.0966. The molecule has 1 aliphatic rings. The van der Waals surface area contributed by atoms with Gasteiger partial charge >= 0.3 is 0 Å². The largest absolute Gasteiger partial charge is 0.306 e. The molecule has 0 bridgehead atoms. The summed E-state index contributed by atoms with van der Waals surface area (Å²) in [6.45, 7) is 6.30. The number of fused-ring (bicyclic) bond motifs is 1. The summed E-state index contributed by atoms with van der Waals surface area (Å²) in [6, 6.07) is 0. The number of hydrogen-bond acceptors (Lipinski definition) is 4. The molecule has 0 fully saturated rings. The van der Waals surface area contributed by atoms with Crippen LogP contribution in [-0.2, 0) is 25.3 Å². The van der Waals surface area contributed by atoms with Gasteiger partial charge in [0.25, 0.3) is 5.91 Å². The fraction of sp³-hybridized carbons (Fsp3) is 0.533. The molecular weight excluding hydrogens is 284 g/mol. The van der Waals surface area contributed by atoms with E-state index in [1.54, 1.807) is 10.9 Å². The van der Waals surface area contributed by atoms with Crippen LogP contribution in [0.15, 0.2) is 6.20 Å². The highest BCUT2D eigenvalue weighted by molar-refractivity contribution is 7.13. The van der Waals surface area contributed by atoms with Gasteiger partial charge in [-0.05, 0) is 19.3 Å². The first kappa shape index (κ1) is 14.3. The number of nitrogens with zero attached hydrogens (tertiary/aromatic N) is 3. The summed E-state index contributed by atoms with van der Waals surface area (Å²) in [4.78, 5) is 17.4. The van der Waals surface area contributed by atoms with Crippen molar-refractivity contribution in [1.29, 1.82) is 0 Å². The van der Waals surface area contributed by atoms with Gasteiger partial charge in [0.15, 0.2) is 0 Å². The first-order valence-corrected chi connectivity index (χ1v) is 8.00. The van der Waals surface area contributed by atoms with E-state index >= 15 is 0 Å². The van der Waals surface area contributed by atoms with Crippen LogP contribution in [0.1, 0.15) is 53.1 Å². The smallest absolute Gasteiger partial charge is 0.268 e. The van der Waals surface area contributed by atoms with Gasteiger partial charge in [-0.3, -0.25) is 9.48 Å². The maximum atomic E-state index is 12.4. The molecule has 3 rings (SSSR count). The third kappa shape index (κ3) is 2.60. The van der Waals surface area contributed by atoms with Gasteiger partial charge in [0, 0.05) is 18.0 Å². The van der Waals surface area contributed by atoms with Crippen molar-refractivity contribution in [2.75, 3.05) is 5.32 Å². The summed E-state index contributed by atoms with van der Waals surface area (Å²) in [5.74, 6) is 0.735. The molecule has 5 nitrogen and oxygen atoms in total. The van der Waals surface area contributed by atoms with Gasteiger partial charge in [-0.25, -0.2) is 4.98 Å². The molecule has 0 aromatic carbocycles. The Hall–Kier alpha value is -1.69. The zero-order valence-electron chi connectivity index (χ0n) is 12.9. The Morgan fingerprint density at radius 1 is 1.38 bits per heavy atom. The predicted octanol–water partition coefficient (Wildman–Crippen LogP) is 2.92. The molecule has 1 amide bonds. The van der Waals surface area contributed by atoms with Crippen molar-refractivity contribution in [2.24, 2.45) is 7.05 Å². The molecule has 0 radical (unpaired) electrons. The highest BCUT2D eigenvalue weighted by atomic mass is 32.1. The monoisotopic (exact) mass is 304 g/mol. The van der Waals surface area contributed by atoms with Crippen molar-refractivity contribution in [3.8, 4) is 0 Å². The number of carbonyl (C=O) groups is 1. The van der Waals surface area contributed by atoms with E-state index in [1.807, 2.05) is 7.05 Å². The third-order valence-corrected chi connectivity index (χ3v) is 5.09. The van der Waals surface area contributed by atoms with Gasteiger partial charge in [0.05, 0.1) is 16.9 Å². The fourth-order valence-corrected chi connectivity index (χ4v) is 3.44. The molecular formula is C15H20N4OS. The van der Waals surface area contributed by atoms with E-state index in [0.717, 1.165) is 35.8 Å². The van der Waals surface area contributed by atoms with E-state index in [-0.39, 0.29) is 11.3 Å². The molecule has 6 heteroatoms. The standard InChI is InChI=1S/C15H20N4OS/c1-15(2,3)14-16-8-11(21-14)13(20)17-12-9-6-5-7-10(9)18-19(12)4/h8H,5-7H2,1-4H3,(H,17,20). The van der Waals surface area contributed by atoms with E-state index in [1.165, 1.54) is 16.9 Å². The molecule has 0 aliphatic heterocycles. The lowest BCUT2D eigenvalue weighted by molar-refractivity contribution is 0.102. The number of hydrogen-bond donors (Lipinski definition) is 1. The van der Waals surface area contributed by atoms with E-state index in [4.69, 9.17) is 0 Å². The van der Waals surface area contributed by atoms with Crippen molar-refractivity contribution in [3.63, 3.8) is 0 Å².